The van der Waals surface area contributed by atoms with Crippen LogP contribution >= 0.6 is 23.5 Å². The largest absolute Gasteiger partial charge is 0.490 e. The maximum absolute atomic E-state index is 12.2. The number of hydrogen-bond donors (Lipinski definition) is 6. The summed E-state index contributed by atoms with van der Waals surface area (Å²) in [5, 5.41) is 10.1. The first-order valence-electron chi connectivity index (χ1n) is 8.36. The van der Waals surface area contributed by atoms with Crippen LogP contribution in [0.5, 0.6) is 0 Å². The Balaban J connectivity index is 1.63. The molecule has 1 aromatic heterocycles. The van der Waals surface area contributed by atoms with Gasteiger partial charge in [-0.15, -0.1) is 0 Å². The molecule has 2 aliphatic heterocycles. The minimum absolute atomic E-state index is 0.116. The van der Waals surface area contributed by atoms with Gasteiger partial charge in [0.2, 0.25) is 0 Å². The fourth-order valence-corrected chi connectivity index (χ4v) is 5.80. The summed E-state index contributed by atoms with van der Waals surface area (Å²) in [5.74, 6) is 0.246. The van der Waals surface area contributed by atoms with Crippen LogP contribution in [0.25, 0.3) is 0 Å². The second-order valence-electron chi connectivity index (χ2n) is 6.32. The lowest BCUT2D eigenvalue weighted by atomic mass is 10.2. The number of nitrogens with zero attached hydrogens (tertiary/aromatic N) is 2. The smallest absolute Gasteiger partial charge is 0.390 e. The summed E-state index contributed by atoms with van der Waals surface area (Å²) < 4.78 is 51.9. The second kappa shape index (κ2) is 9.08. The zero-order valence-corrected chi connectivity index (χ0v) is 18.0. The summed E-state index contributed by atoms with van der Waals surface area (Å²) >= 11 is 0. The number of hydrogen-bond acceptors (Lipinski definition) is 12. The minimum Gasteiger partial charge on any atom is -0.390 e. The third-order valence-electron chi connectivity index (χ3n) is 4.00. The van der Waals surface area contributed by atoms with Gasteiger partial charge in [0.1, 0.15) is 12.3 Å². The molecule has 1 saturated heterocycles. The van der Waals surface area contributed by atoms with Crippen molar-refractivity contribution >= 4 is 29.3 Å². The Morgan fingerprint density at radius 2 is 1.90 bits per heavy atom. The molecular formula is C11H18N3O14P3. The Hall–Kier alpha value is -1.03. The van der Waals surface area contributed by atoms with Crippen molar-refractivity contribution in [2.45, 2.75) is 31.3 Å². The molecule has 0 bridgehead atoms. The van der Waals surface area contributed by atoms with E-state index in [1.807, 2.05) is 0 Å². The monoisotopic (exact) mass is 509 g/mol. The van der Waals surface area contributed by atoms with Crippen molar-refractivity contribution in [3.8, 4) is 0 Å². The molecule has 0 aliphatic carbocycles. The van der Waals surface area contributed by atoms with Gasteiger partial charge in [0, 0.05) is 24.6 Å². The minimum atomic E-state index is -5.66. The van der Waals surface area contributed by atoms with Crippen LogP contribution < -0.4 is 11.2 Å². The molecule has 2 aliphatic rings. The Kier molecular flexibility index (Phi) is 7.21. The number of ether oxygens (including phenoxy) is 1. The predicted octanol–water partition coefficient (Wildman–Crippen LogP) is -0.865. The Labute approximate surface area is 172 Å². The quantitative estimate of drug-likeness (QED) is 0.233. The molecule has 20 heteroatoms. The van der Waals surface area contributed by atoms with Crippen LogP contribution in [0.1, 0.15) is 18.2 Å². The lowest BCUT2D eigenvalue weighted by molar-refractivity contribution is -0.0450. The number of aliphatic hydroxyl groups excluding tert-OH is 1. The topological polar surface area (TPSA) is 245 Å². The Morgan fingerprint density at radius 3 is 2.58 bits per heavy atom. The molecule has 17 nitrogen and oxygen atoms in total. The highest BCUT2D eigenvalue weighted by Gasteiger charge is 2.43. The van der Waals surface area contributed by atoms with Crippen LogP contribution in [-0.2, 0) is 42.8 Å². The van der Waals surface area contributed by atoms with Crippen LogP contribution in [0, 0.1) is 0 Å². The van der Waals surface area contributed by atoms with Crippen molar-refractivity contribution in [2.75, 3.05) is 18.7 Å². The first-order chi connectivity index (χ1) is 14.2. The van der Waals surface area contributed by atoms with Crippen LogP contribution in [0.2, 0.25) is 0 Å². The van der Waals surface area contributed by atoms with E-state index in [4.69, 9.17) is 24.3 Å². The molecule has 1 aromatic rings. The number of phosphoric acid groups is 3. The van der Waals surface area contributed by atoms with Gasteiger partial charge in [-0.05, 0) is 0 Å². The standard InChI is InChI=1S/C11H18N3O14P3/c15-7-3-9(14-4-6-1-2-24-13-10(6)12-11(14)16)26-8(7)5-25-30(20,21)28-31(22,23)27-29(17,18)19/h4,7-9,15H,1-3,5H2,(H,20,21)(H,22,23)(H,12,13,16)(H2,17,18,19). The van der Waals surface area contributed by atoms with Gasteiger partial charge in [-0.2, -0.15) is 13.6 Å². The number of phosphoric ester groups is 1. The number of rotatable bonds is 8. The molecule has 6 N–H and O–H groups in total. The molecule has 0 aromatic carbocycles. The first-order valence-corrected chi connectivity index (χ1v) is 12.9. The van der Waals surface area contributed by atoms with E-state index in [0.29, 0.717) is 18.6 Å². The summed E-state index contributed by atoms with van der Waals surface area (Å²) in [4.78, 5) is 56.5. The van der Waals surface area contributed by atoms with E-state index in [0.717, 1.165) is 4.57 Å². The fraction of sp³-hybridized carbons (Fsp3) is 0.636. The number of fused-ring (bicyclic) bond motifs is 1. The molecule has 3 rings (SSSR count). The highest BCUT2D eigenvalue weighted by Crippen LogP contribution is 2.66. The van der Waals surface area contributed by atoms with E-state index in [9.17, 15) is 28.5 Å². The third-order valence-corrected chi connectivity index (χ3v) is 7.80. The summed E-state index contributed by atoms with van der Waals surface area (Å²) in [5.41, 5.74) is 2.43. The van der Waals surface area contributed by atoms with Gasteiger partial charge in [-0.1, -0.05) is 0 Å². The van der Waals surface area contributed by atoms with Crippen LogP contribution in [0.15, 0.2) is 11.0 Å². The first kappa shape index (κ1) is 24.6. The van der Waals surface area contributed by atoms with E-state index in [2.05, 4.69) is 23.6 Å². The van der Waals surface area contributed by atoms with E-state index < -0.39 is 54.2 Å². The normalized spacial score (nSPS) is 27.7. The van der Waals surface area contributed by atoms with E-state index in [1.54, 1.807) is 0 Å². The number of aliphatic hydroxyl groups is 1. The van der Waals surface area contributed by atoms with Crippen molar-refractivity contribution in [2.24, 2.45) is 0 Å². The maximum atomic E-state index is 12.2. The summed E-state index contributed by atoms with van der Waals surface area (Å²) in [6.45, 7) is -0.506. The molecule has 176 valence electrons. The highest BCUT2D eigenvalue weighted by atomic mass is 31.3. The number of nitrogens with one attached hydrogen (secondary N) is 1. The van der Waals surface area contributed by atoms with Gasteiger partial charge in [-0.3, -0.25) is 13.9 Å². The molecule has 0 spiro atoms. The highest BCUT2D eigenvalue weighted by molar-refractivity contribution is 7.66. The molecular weight excluding hydrogens is 491 g/mol. The predicted molar refractivity (Wildman–Crippen MR) is 96.1 cm³/mol. The molecule has 5 unspecified atom stereocenters. The van der Waals surface area contributed by atoms with Crippen molar-refractivity contribution in [1.29, 1.82) is 0 Å². The van der Waals surface area contributed by atoms with Crippen LogP contribution in [0.4, 0.5) is 5.82 Å². The van der Waals surface area contributed by atoms with E-state index in [-0.39, 0.29) is 12.2 Å². The summed E-state index contributed by atoms with van der Waals surface area (Å²) in [6, 6.07) is 0. The molecule has 0 radical (unpaired) electrons. The fourth-order valence-electron chi connectivity index (χ4n) is 2.77. The lowest BCUT2D eigenvalue weighted by Crippen LogP contribution is -2.31. The van der Waals surface area contributed by atoms with Gasteiger partial charge >= 0.3 is 29.2 Å². The number of aromatic nitrogens is 2. The molecule has 1 fully saturated rings. The average Bonchev–Trinajstić information content (AvgIpc) is 2.97. The van der Waals surface area contributed by atoms with E-state index in [1.165, 1.54) is 6.20 Å². The lowest BCUT2D eigenvalue weighted by Gasteiger charge is -2.21. The molecule has 0 saturated carbocycles. The zero-order valence-electron chi connectivity index (χ0n) is 15.3. The van der Waals surface area contributed by atoms with Gasteiger partial charge in [0.25, 0.3) is 0 Å². The van der Waals surface area contributed by atoms with Crippen molar-refractivity contribution in [3.05, 3.63) is 22.2 Å². The number of anilines is 1. The third kappa shape index (κ3) is 6.73. The van der Waals surface area contributed by atoms with Crippen LogP contribution in [0.3, 0.4) is 0 Å². The van der Waals surface area contributed by atoms with Gasteiger partial charge in [0.15, 0.2) is 5.82 Å². The SMILES string of the molecule is O=c1nc2c(cn1C1CC(O)C(COP(=O)(O)OP(=O)(O)OP(=O)(O)O)O1)CCON2. The van der Waals surface area contributed by atoms with Gasteiger partial charge in [0.05, 0.1) is 19.3 Å². The van der Waals surface area contributed by atoms with Crippen molar-refractivity contribution in [3.63, 3.8) is 0 Å². The van der Waals surface area contributed by atoms with Gasteiger partial charge in [-0.25, -0.2) is 24.0 Å². The molecule has 31 heavy (non-hydrogen) atoms. The van der Waals surface area contributed by atoms with Crippen molar-refractivity contribution < 1.29 is 61.1 Å². The second-order valence-corrected chi connectivity index (χ2v) is 10.7. The molecule has 3 heterocycles. The van der Waals surface area contributed by atoms with Gasteiger partial charge < -0.3 is 29.4 Å². The molecule has 5 atom stereocenters. The molecule has 0 amide bonds. The zero-order chi connectivity index (χ0) is 23.0. The van der Waals surface area contributed by atoms with E-state index >= 15 is 0 Å². The Morgan fingerprint density at radius 1 is 1.19 bits per heavy atom. The van der Waals surface area contributed by atoms with Crippen molar-refractivity contribution in [1.82, 2.24) is 9.55 Å². The summed E-state index contributed by atoms with van der Waals surface area (Å²) in [6.07, 6.45) is -1.74. The maximum Gasteiger partial charge on any atom is 0.490 e. The summed E-state index contributed by atoms with van der Waals surface area (Å²) in [7, 11) is -16.6. The van der Waals surface area contributed by atoms with Crippen LogP contribution in [-0.4, -0.2) is 59.7 Å². The Bertz CT molecular complexity index is 1020. The average molecular weight is 509 g/mol.